The van der Waals surface area contributed by atoms with Crippen LogP contribution in [0.15, 0.2) is 34.1 Å². The lowest BCUT2D eigenvalue weighted by Gasteiger charge is -2.18. The number of nitrogens with two attached hydrogens (primary N) is 2. The first-order chi connectivity index (χ1) is 16.6. The molecule has 2 aromatic carbocycles. The zero-order valence-electron chi connectivity index (χ0n) is 18.4. The van der Waals surface area contributed by atoms with Crippen molar-refractivity contribution in [2.24, 2.45) is 5.14 Å². The molecule has 1 atom stereocenters. The molecule has 16 heteroatoms. The van der Waals surface area contributed by atoms with Crippen molar-refractivity contribution in [3.63, 3.8) is 0 Å². The van der Waals surface area contributed by atoms with Gasteiger partial charge in [-0.25, -0.2) is 31.7 Å². The van der Waals surface area contributed by atoms with Gasteiger partial charge in [-0.3, -0.25) is 0 Å². The van der Waals surface area contributed by atoms with Crippen LogP contribution < -0.4 is 20.9 Å². The molecule has 14 nitrogen and oxygen atoms in total. The molecule has 8 N–H and O–H groups in total. The van der Waals surface area contributed by atoms with Crippen LogP contribution in [0.1, 0.15) is 12.0 Å². The van der Waals surface area contributed by atoms with Gasteiger partial charge in [0.15, 0.2) is 5.95 Å². The number of aromatic amines is 2. The maximum Gasteiger partial charge on any atom is 0.242 e. The Morgan fingerprint density at radius 2 is 1.89 bits per heavy atom. The number of imidazole rings is 1. The highest BCUT2D eigenvalue weighted by molar-refractivity contribution is 7.92. The number of nitrogens with zero attached hydrogens (tertiary/aromatic N) is 4. The van der Waals surface area contributed by atoms with Gasteiger partial charge in [0.2, 0.25) is 25.9 Å². The number of rotatable bonds is 6. The molecule has 0 radical (unpaired) electrons. The maximum atomic E-state index is 13.3. The van der Waals surface area contributed by atoms with Crippen molar-refractivity contribution in [2.45, 2.75) is 29.2 Å². The highest BCUT2D eigenvalue weighted by Crippen LogP contribution is 2.41. The van der Waals surface area contributed by atoms with E-state index in [-0.39, 0.29) is 17.3 Å². The number of hydrogen-bond acceptors (Lipinski definition) is 10. The zero-order chi connectivity index (χ0) is 25.0. The number of tetrazole rings is 1. The summed E-state index contributed by atoms with van der Waals surface area (Å²) in [7, 11) is -8.89. The summed E-state index contributed by atoms with van der Waals surface area (Å²) >= 11 is 0. The molecule has 0 aliphatic carbocycles. The van der Waals surface area contributed by atoms with Gasteiger partial charge in [0.1, 0.15) is 9.79 Å². The van der Waals surface area contributed by atoms with Gasteiger partial charge in [-0.05, 0) is 42.3 Å². The monoisotopic (exact) mass is 518 g/mol. The minimum Gasteiger partial charge on any atom is -0.369 e. The fourth-order valence-corrected chi connectivity index (χ4v) is 7.15. The van der Waals surface area contributed by atoms with Gasteiger partial charge in [-0.15, -0.1) is 10.2 Å². The fourth-order valence-electron chi connectivity index (χ4n) is 4.28. The quantitative estimate of drug-likeness (QED) is 0.193. The molecule has 0 amide bonds. The van der Waals surface area contributed by atoms with Crippen LogP contribution in [0.25, 0.3) is 33.5 Å². The molecule has 1 aliphatic rings. The lowest BCUT2D eigenvalue weighted by molar-refractivity contribution is 0.555. The van der Waals surface area contributed by atoms with E-state index in [0.29, 0.717) is 41.7 Å². The molecule has 35 heavy (non-hydrogen) atoms. The van der Waals surface area contributed by atoms with E-state index < -0.39 is 35.9 Å². The lowest BCUT2D eigenvalue weighted by atomic mass is 9.96. The number of aromatic nitrogens is 6. The van der Waals surface area contributed by atoms with Crippen LogP contribution in [-0.4, -0.2) is 66.6 Å². The Morgan fingerprint density at radius 1 is 1.11 bits per heavy atom. The number of anilines is 1. The predicted octanol–water partition coefficient (Wildman–Crippen LogP) is -0.412. The Kier molecular flexibility index (Phi) is 5.56. The molecule has 1 unspecified atom stereocenters. The van der Waals surface area contributed by atoms with Crippen molar-refractivity contribution < 1.29 is 16.8 Å². The van der Waals surface area contributed by atoms with E-state index >= 15 is 0 Å². The van der Waals surface area contributed by atoms with Crippen LogP contribution in [0, 0.1) is 6.92 Å². The van der Waals surface area contributed by atoms with Crippen LogP contribution >= 0.6 is 0 Å². The molecule has 1 saturated heterocycles. The fraction of sp³-hybridized carbons (Fsp3) is 0.263. The van der Waals surface area contributed by atoms with Crippen molar-refractivity contribution in [2.75, 3.05) is 18.8 Å². The highest BCUT2D eigenvalue weighted by Gasteiger charge is 2.34. The third kappa shape index (κ3) is 4.14. The number of primary sulfonamides is 1. The summed E-state index contributed by atoms with van der Waals surface area (Å²) < 4.78 is 55.0. The Balaban J connectivity index is 1.84. The minimum atomic E-state index is -4.60. The summed E-state index contributed by atoms with van der Waals surface area (Å²) in [6.45, 7) is 2.91. The van der Waals surface area contributed by atoms with Crippen molar-refractivity contribution >= 4 is 37.0 Å². The third-order valence-corrected chi connectivity index (χ3v) is 8.49. The van der Waals surface area contributed by atoms with Crippen molar-refractivity contribution in [1.82, 2.24) is 40.6 Å². The summed E-state index contributed by atoms with van der Waals surface area (Å²) in [4.78, 5) is 6.11. The average Bonchev–Trinajstić information content (AvgIpc) is 3.54. The van der Waals surface area contributed by atoms with Crippen LogP contribution in [-0.2, 0) is 20.0 Å². The summed E-state index contributed by atoms with van der Waals surface area (Å²) in [5.41, 5.74) is 8.49. The second-order valence-corrected chi connectivity index (χ2v) is 11.4. The van der Waals surface area contributed by atoms with Crippen molar-refractivity contribution in [3.05, 3.63) is 29.8 Å². The summed E-state index contributed by atoms with van der Waals surface area (Å²) in [6.07, 6.45) is 0.558. The van der Waals surface area contributed by atoms with E-state index in [4.69, 9.17) is 10.9 Å². The first-order valence-electron chi connectivity index (χ1n) is 10.5. The molecule has 5 rings (SSSR count). The third-order valence-electron chi connectivity index (χ3n) is 5.80. The SMILES string of the molecule is Cc1ccc(-c2ccc(S(=O)(=O)NC3CCNC3)c(S(N)(=O)=O)c2-c2nn[nH]n2)c2[nH]c(N)nc12. The predicted molar refractivity (Wildman–Crippen MR) is 127 cm³/mol. The number of fused-ring (bicyclic) bond motifs is 1. The van der Waals surface area contributed by atoms with Crippen LogP contribution in [0.3, 0.4) is 0 Å². The minimum absolute atomic E-state index is 0.119. The van der Waals surface area contributed by atoms with E-state index in [0.717, 1.165) is 5.56 Å². The van der Waals surface area contributed by atoms with Crippen LogP contribution in [0.2, 0.25) is 0 Å². The Bertz CT molecular complexity index is 1640. The van der Waals surface area contributed by atoms with Crippen molar-refractivity contribution in [3.8, 4) is 22.5 Å². The summed E-state index contributed by atoms with van der Waals surface area (Å²) in [5, 5.41) is 22.3. The average molecular weight is 519 g/mol. The molecule has 0 bridgehead atoms. The van der Waals surface area contributed by atoms with Gasteiger partial charge in [0, 0.05) is 18.2 Å². The molecule has 1 fully saturated rings. The molecule has 0 saturated carbocycles. The molecule has 0 spiro atoms. The smallest absolute Gasteiger partial charge is 0.242 e. The van der Waals surface area contributed by atoms with Gasteiger partial charge in [0.05, 0.1) is 16.6 Å². The Morgan fingerprint density at radius 3 is 2.54 bits per heavy atom. The van der Waals surface area contributed by atoms with Gasteiger partial charge < -0.3 is 16.0 Å². The number of hydrogen-bond donors (Lipinski definition) is 6. The van der Waals surface area contributed by atoms with E-state index in [2.05, 4.69) is 40.6 Å². The molecule has 2 aromatic heterocycles. The summed E-state index contributed by atoms with van der Waals surface area (Å²) in [5.74, 6) is 0.0155. The van der Waals surface area contributed by atoms with E-state index in [1.54, 1.807) is 12.1 Å². The zero-order valence-corrected chi connectivity index (χ0v) is 20.0. The van der Waals surface area contributed by atoms with Crippen molar-refractivity contribution in [1.29, 1.82) is 0 Å². The first kappa shape index (κ1) is 23.3. The molecule has 3 heterocycles. The highest BCUT2D eigenvalue weighted by atomic mass is 32.2. The molecule has 1 aliphatic heterocycles. The first-order valence-corrected chi connectivity index (χ1v) is 13.5. The topological polar surface area (TPSA) is 228 Å². The van der Waals surface area contributed by atoms with E-state index in [1.165, 1.54) is 12.1 Å². The number of H-pyrrole nitrogens is 2. The molecular formula is C19H22N10O4S2. The standard InChI is InChI=1S/C19H22N10O4S2/c1-9-2-3-12(16-15(9)23-19(20)24-16)11-4-5-13(35(32,33)27-10-6-7-22-8-10)17(34(21,30)31)14(11)18-25-28-29-26-18/h2-5,10,22,27H,6-8H2,1H3,(H3,20,23,24)(H2,21,30,31)(H,25,26,28,29). The van der Waals surface area contributed by atoms with Gasteiger partial charge in [-0.1, -0.05) is 18.2 Å². The number of nitrogens with one attached hydrogen (secondary N) is 4. The Labute approximate surface area is 200 Å². The van der Waals surface area contributed by atoms with Gasteiger partial charge >= 0.3 is 0 Å². The Hall–Kier alpha value is -3.44. The van der Waals surface area contributed by atoms with Gasteiger partial charge in [-0.2, -0.15) is 5.21 Å². The number of benzene rings is 2. The normalized spacial score (nSPS) is 16.8. The van der Waals surface area contributed by atoms with Gasteiger partial charge in [0.25, 0.3) is 0 Å². The molecular weight excluding hydrogens is 496 g/mol. The van der Waals surface area contributed by atoms with Crippen LogP contribution in [0.4, 0.5) is 5.95 Å². The second-order valence-electron chi connectivity index (χ2n) is 8.18. The number of aryl methyl sites for hydroxylation is 1. The van der Waals surface area contributed by atoms with E-state index in [9.17, 15) is 16.8 Å². The lowest BCUT2D eigenvalue weighted by Crippen LogP contribution is -2.37. The number of sulfonamides is 2. The molecule has 4 aromatic rings. The largest absolute Gasteiger partial charge is 0.369 e. The second kappa shape index (κ2) is 8.35. The van der Waals surface area contributed by atoms with Crippen LogP contribution in [0.5, 0.6) is 0 Å². The maximum absolute atomic E-state index is 13.3. The number of nitrogen functional groups attached to an aromatic ring is 1. The molecule has 184 valence electrons. The van der Waals surface area contributed by atoms with E-state index in [1.807, 2.05) is 6.92 Å². The summed E-state index contributed by atoms with van der Waals surface area (Å²) in [6, 6.07) is 5.80.